The SMILES string of the molecule is CCCNC(CC1CCCCC1)C(F)(F)F. The van der Waals surface area contributed by atoms with Gasteiger partial charge in [-0.3, -0.25) is 0 Å². The molecule has 1 atom stereocenters. The van der Waals surface area contributed by atoms with Crippen LogP contribution in [-0.4, -0.2) is 18.8 Å². The monoisotopic (exact) mass is 237 g/mol. The van der Waals surface area contributed by atoms with Crippen molar-refractivity contribution in [3.8, 4) is 0 Å². The Balaban J connectivity index is 2.41. The van der Waals surface area contributed by atoms with Gasteiger partial charge in [0.25, 0.3) is 0 Å². The lowest BCUT2D eigenvalue weighted by Gasteiger charge is -2.28. The van der Waals surface area contributed by atoms with Crippen LogP contribution in [0.1, 0.15) is 51.9 Å². The van der Waals surface area contributed by atoms with Crippen molar-refractivity contribution in [1.29, 1.82) is 0 Å². The van der Waals surface area contributed by atoms with Gasteiger partial charge in [-0.1, -0.05) is 39.0 Å². The van der Waals surface area contributed by atoms with E-state index in [-0.39, 0.29) is 12.3 Å². The molecule has 0 spiro atoms. The number of hydrogen-bond acceptors (Lipinski definition) is 1. The Morgan fingerprint density at radius 2 is 1.81 bits per heavy atom. The molecule has 1 aliphatic rings. The minimum Gasteiger partial charge on any atom is -0.306 e. The van der Waals surface area contributed by atoms with E-state index < -0.39 is 12.2 Å². The third kappa shape index (κ3) is 4.73. The van der Waals surface area contributed by atoms with Crippen molar-refractivity contribution in [3.63, 3.8) is 0 Å². The highest BCUT2D eigenvalue weighted by Crippen LogP contribution is 2.32. The molecule has 0 heterocycles. The average Bonchev–Trinajstić information content (AvgIpc) is 2.24. The average molecular weight is 237 g/mol. The number of nitrogens with one attached hydrogen (secondary N) is 1. The standard InChI is InChI=1S/C12H22F3N/c1-2-8-16-11(12(13,14)15)9-10-6-4-3-5-7-10/h10-11,16H,2-9H2,1H3. The number of halogens is 3. The van der Waals surface area contributed by atoms with Crippen LogP contribution in [0.25, 0.3) is 0 Å². The Morgan fingerprint density at radius 1 is 1.19 bits per heavy atom. The van der Waals surface area contributed by atoms with E-state index in [1.54, 1.807) is 0 Å². The molecule has 0 radical (unpaired) electrons. The fourth-order valence-corrected chi connectivity index (χ4v) is 2.41. The summed E-state index contributed by atoms with van der Waals surface area (Å²) in [7, 11) is 0. The van der Waals surface area contributed by atoms with E-state index in [0.29, 0.717) is 6.54 Å². The van der Waals surface area contributed by atoms with Crippen molar-refractivity contribution in [3.05, 3.63) is 0 Å². The normalized spacial score (nSPS) is 21.0. The summed E-state index contributed by atoms with van der Waals surface area (Å²) in [4.78, 5) is 0. The van der Waals surface area contributed by atoms with E-state index in [4.69, 9.17) is 0 Å². The smallest absolute Gasteiger partial charge is 0.306 e. The molecule has 0 aromatic rings. The summed E-state index contributed by atoms with van der Waals surface area (Å²) in [5.74, 6) is 0.268. The van der Waals surface area contributed by atoms with Crippen LogP contribution in [-0.2, 0) is 0 Å². The van der Waals surface area contributed by atoms with Gasteiger partial charge < -0.3 is 5.32 Å². The summed E-state index contributed by atoms with van der Waals surface area (Å²) in [6.07, 6.45) is 2.26. The summed E-state index contributed by atoms with van der Waals surface area (Å²) in [6.45, 7) is 2.35. The number of hydrogen-bond donors (Lipinski definition) is 1. The molecular formula is C12H22F3N. The fraction of sp³-hybridized carbons (Fsp3) is 1.00. The zero-order valence-electron chi connectivity index (χ0n) is 9.95. The van der Waals surface area contributed by atoms with E-state index >= 15 is 0 Å². The molecule has 1 aliphatic carbocycles. The molecule has 4 heteroatoms. The maximum atomic E-state index is 12.7. The summed E-state index contributed by atoms with van der Waals surface area (Å²) in [5, 5.41) is 2.63. The molecule has 0 bridgehead atoms. The van der Waals surface area contributed by atoms with Gasteiger partial charge >= 0.3 is 6.18 Å². The predicted octanol–water partition coefficient (Wildman–Crippen LogP) is 3.89. The van der Waals surface area contributed by atoms with Gasteiger partial charge in [0.2, 0.25) is 0 Å². The quantitative estimate of drug-likeness (QED) is 0.765. The van der Waals surface area contributed by atoms with Gasteiger partial charge in [0.15, 0.2) is 0 Å². The molecule has 1 fully saturated rings. The third-order valence-electron chi connectivity index (χ3n) is 3.33. The third-order valence-corrected chi connectivity index (χ3v) is 3.33. The molecule has 16 heavy (non-hydrogen) atoms. The van der Waals surface area contributed by atoms with Crippen molar-refractivity contribution in [2.75, 3.05) is 6.54 Å². The maximum absolute atomic E-state index is 12.7. The van der Waals surface area contributed by atoms with Crippen LogP contribution >= 0.6 is 0 Å². The van der Waals surface area contributed by atoms with Gasteiger partial charge in [0, 0.05) is 0 Å². The Kier molecular flexibility index (Phi) is 5.59. The molecule has 0 aliphatic heterocycles. The maximum Gasteiger partial charge on any atom is 0.403 e. The van der Waals surface area contributed by atoms with Gasteiger partial charge in [0.05, 0.1) is 0 Å². The largest absolute Gasteiger partial charge is 0.403 e. The first-order valence-electron chi connectivity index (χ1n) is 6.34. The second-order valence-corrected chi connectivity index (χ2v) is 4.79. The Hall–Kier alpha value is -0.250. The molecule has 1 unspecified atom stereocenters. The van der Waals surface area contributed by atoms with Gasteiger partial charge in [0.1, 0.15) is 6.04 Å². The first-order chi connectivity index (χ1) is 7.54. The second kappa shape index (κ2) is 6.48. The van der Waals surface area contributed by atoms with E-state index in [2.05, 4.69) is 5.32 Å². The van der Waals surface area contributed by atoms with E-state index in [9.17, 15) is 13.2 Å². The summed E-state index contributed by atoms with van der Waals surface area (Å²) >= 11 is 0. The highest BCUT2D eigenvalue weighted by atomic mass is 19.4. The molecule has 1 N–H and O–H groups in total. The molecule has 1 saturated carbocycles. The van der Waals surface area contributed by atoms with Crippen molar-refractivity contribution in [1.82, 2.24) is 5.32 Å². The molecule has 0 aromatic carbocycles. The van der Waals surface area contributed by atoms with Crippen LogP contribution in [0.3, 0.4) is 0 Å². The van der Waals surface area contributed by atoms with Crippen molar-refractivity contribution >= 4 is 0 Å². The summed E-state index contributed by atoms with van der Waals surface area (Å²) in [6, 6.07) is -1.30. The van der Waals surface area contributed by atoms with Crippen LogP contribution in [0.2, 0.25) is 0 Å². The van der Waals surface area contributed by atoms with Gasteiger partial charge in [-0.2, -0.15) is 13.2 Å². The topological polar surface area (TPSA) is 12.0 Å². The highest BCUT2D eigenvalue weighted by Gasteiger charge is 2.40. The first kappa shape index (κ1) is 13.8. The lowest BCUT2D eigenvalue weighted by molar-refractivity contribution is -0.160. The van der Waals surface area contributed by atoms with Crippen molar-refractivity contribution in [2.45, 2.75) is 64.1 Å². The van der Waals surface area contributed by atoms with E-state index in [1.807, 2.05) is 6.92 Å². The minimum absolute atomic E-state index is 0.267. The van der Waals surface area contributed by atoms with Crippen LogP contribution in [0.5, 0.6) is 0 Å². The molecule has 1 rings (SSSR count). The second-order valence-electron chi connectivity index (χ2n) is 4.79. The van der Waals surface area contributed by atoms with Crippen LogP contribution in [0.15, 0.2) is 0 Å². The summed E-state index contributed by atoms with van der Waals surface area (Å²) < 4.78 is 38.2. The van der Waals surface area contributed by atoms with Crippen molar-refractivity contribution in [2.24, 2.45) is 5.92 Å². The molecule has 96 valence electrons. The zero-order chi connectivity index (χ0) is 12.0. The highest BCUT2D eigenvalue weighted by molar-refractivity contribution is 4.80. The Morgan fingerprint density at radius 3 is 2.31 bits per heavy atom. The molecule has 0 saturated heterocycles. The number of rotatable bonds is 5. The molecule has 0 aromatic heterocycles. The van der Waals surface area contributed by atoms with Gasteiger partial charge in [-0.25, -0.2) is 0 Å². The predicted molar refractivity (Wildman–Crippen MR) is 59.3 cm³/mol. The van der Waals surface area contributed by atoms with Gasteiger partial charge in [-0.15, -0.1) is 0 Å². The fourth-order valence-electron chi connectivity index (χ4n) is 2.41. The van der Waals surface area contributed by atoms with E-state index in [1.165, 1.54) is 6.42 Å². The lowest BCUT2D eigenvalue weighted by Crippen LogP contribution is -2.44. The Bertz CT molecular complexity index is 185. The lowest BCUT2D eigenvalue weighted by atomic mass is 9.84. The summed E-state index contributed by atoms with van der Waals surface area (Å²) in [5.41, 5.74) is 0. The molecule has 0 amide bonds. The minimum atomic E-state index is -4.09. The molecule has 1 nitrogen and oxygen atoms in total. The van der Waals surface area contributed by atoms with Gasteiger partial charge in [-0.05, 0) is 25.3 Å². The number of alkyl halides is 3. The van der Waals surface area contributed by atoms with Crippen molar-refractivity contribution < 1.29 is 13.2 Å². The van der Waals surface area contributed by atoms with Crippen LogP contribution in [0.4, 0.5) is 13.2 Å². The van der Waals surface area contributed by atoms with Crippen LogP contribution < -0.4 is 5.32 Å². The van der Waals surface area contributed by atoms with E-state index in [0.717, 1.165) is 32.1 Å². The van der Waals surface area contributed by atoms with Crippen LogP contribution in [0, 0.1) is 5.92 Å². The zero-order valence-corrected chi connectivity index (χ0v) is 9.95. The first-order valence-corrected chi connectivity index (χ1v) is 6.34. The Labute approximate surface area is 95.8 Å². The molecular weight excluding hydrogens is 215 g/mol.